The van der Waals surface area contributed by atoms with Crippen LogP contribution in [0.15, 0.2) is 76.8 Å². The van der Waals surface area contributed by atoms with Crippen LogP contribution in [0.25, 0.3) is 0 Å². The number of nitrogens with one attached hydrogen (secondary N) is 1. The Labute approximate surface area is 344 Å². The van der Waals surface area contributed by atoms with Gasteiger partial charge in [-0.25, -0.2) is 8.42 Å². The molecule has 0 radical (unpaired) electrons. The minimum absolute atomic E-state index is 0.0351. The molecule has 1 saturated carbocycles. The standard InChI is InChI=1S/C44H62N4O9S/c1-7-25-55-44-40(47(6)58(52,53)34-17-14-32(15-18-34)45-30(2)51)29-38(46-57-43(3,4)5)36-27-31(12-8-10-23-49)35(13-9-11-24-50)41(42(36)44)37-28-33(16-19-39(37)56-44)54-26-22-48-20-21-48/h7,14-19,27-28,31,35,40-42,49-50H,1,8-13,20-26,29H2,2-6H3,(H,45,51)/t31-,35+,40-,41+,42+,44+/m0/s1. The van der Waals surface area contributed by atoms with Crippen molar-refractivity contribution in [1.82, 2.24) is 9.21 Å². The van der Waals surface area contributed by atoms with Gasteiger partial charge in [-0.1, -0.05) is 30.1 Å². The number of fused-ring (bicyclic) bond motifs is 2. The van der Waals surface area contributed by atoms with E-state index in [1.807, 2.05) is 32.9 Å². The van der Waals surface area contributed by atoms with Crippen LogP contribution in [0.4, 0.5) is 5.69 Å². The summed E-state index contributed by atoms with van der Waals surface area (Å²) in [5, 5.41) is 27.3. The van der Waals surface area contributed by atoms with E-state index < -0.39 is 33.4 Å². The van der Waals surface area contributed by atoms with Gasteiger partial charge in [0.25, 0.3) is 0 Å². The second-order valence-corrected chi connectivity index (χ2v) is 18.9. The molecular weight excluding hydrogens is 761 g/mol. The predicted molar refractivity (Wildman–Crippen MR) is 223 cm³/mol. The number of nitrogens with zero attached hydrogens (tertiary/aromatic N) is 3. The lowest BCUT2D eigenvalue weighted by Gasteiger charge is -2.59. The van der Waals surface area contributed by atoms with Crippen molar-refractivity contribution in [3.05, 3.63) is 72.3 Å². The van der Waals surface area contributed by atoms with Crippen molar-refractivity contribution in [2.24, 2.45) is 22.9 Å². The number of ether oxygens (including phenoxy) is 3. The zero-order chi connectivity index (χ0) is 41.7. The van der Waals surface area contributed by atoms with Gasteiger partial charge in [-0.3, -0.25) is 9.69 Å². The Balaban J connectivity index is 1.55. The fourth-order valence-electron chi connectivity index (χ4n) is 8.82. The van der Waals surface area contributed by atoms with E-state index >= 15 is 0 Å². The van der Waals surface area contributed by atoms with Crippen LogP contribution in [0.2, 0.25) is 0 Å². The molecule has 6 rings (SSSR count). The number of carbonyl (C=O) groups excluding carboxylic acids is 1. The van der Waals surface area contributed by atoms with Gasteiger partial charge < -0.3 is 34.6 Å². The van der Waals surface area contributed by atoms with E-state index in [9.17, 15) is 23.4 Å². The number of amides is 1. The maximum absolute atomic E-state index is 14.8. The molecule has 1 amide bonds. The molecule has 2 aromatic carbocycles. The second kappa shape index (κ2) is 18.6. The average Bonchev–Trinajstić information content (AvgIpc) is 4.01. The third kappa shape index (κ3) is 9.80. The number of oxime groups is 1. The normalized spacial score (nSPS) is 26.0. The van der Waals surface area contributed by atoms with E-state index in [4.69, 9.17) is 24.2 Å². The molecule has 0 bridgehead atoms. The smallest absolute Gasteiger partial charge is 0.243 e. The SMILES string of the molecule is C=CCO[C@@]12Oc3ccc(OCCN4CC4)cc3[C@H]3[C@H](CCCCO)[C@@H](CCCCO)C=C(C(=NOC(C)(C)C)C[C@@H]1N(C)S(=O)(=O)c1ccc(NC(C)=O)cc1)[C@H]32. The number of hydrogen-bond donors (Lipinski definition) is 3. The zero-order valence-corrected chi connectivity index (χ0v) is 35.5. The molecule has 318 valence electrons. The van der Waals surface area contributed by atoms with Gasteiger partial charge in [0, 0.05) is 70.4 Å². The zero-order valence-electron chi connectivity index (χ0n) is 34.7. The number of likely N-dealkylation sites (N-methyl/N-ethyl adjacent to an activating group) is 1. The first kappa shape index (κ1) is 43.8. The fraction of sp³-hybridized carbons (Fsp3) is 0.591. The molecule has 2 aliphatic heterocycles. The highest BCUT2D eigenvalue weighted by molar-refractivity contribution is 7.89. The number of aliphatic hydroxyl groups excluding tert-OH is 2. The third-order valence-electron chi connectivity index (χ3n) is 11.6. The van der Waals surface area contributed by atoms with Crippen molar-refractivity contribution < 1.29 is 42.5 Å². The number of hydrogen-bond acceptors (Lipinski definition) is 11. The summed E-state index contributed by atoms with van der Waals surface area (Å²) in [6.07, 6.45) is 8.57. The fourth-order valence-corrected chi connectivity index (χ4v) is 10.2. The van der Waals surface area contributed by atoms with Crippen molar-refractivity contribution in [3.63, 3.8) is 0 Å². The maximum Gasteiger partial charge on any atom is 0.243 e. The van der Waals surface area contributed by atoms with Crippen molar-refractivity contribution >= 4 is 27.3 Å². The Morgan fingerprint density at radius 2 is 1.79 bits per heavy atom. The predicted octanol–water partition coefficient (Wildman–Crippen LogP) is 6.09. The maximum atomic E-state index is 14.8. The molecule has 14 heteroatoms. The summed E-state index contributed by atoms with van der Waals surface area (Å²) < 4.78 is 51.3. The monoisotopic (exact) mass is 822 g/mol. The first-order valence-electron chi connectivity index (χ1n) is 20.7. The molecule has 2 aliphatic carbocycles. The van der Waals surface area contributed by atoms with Gasteiger partial charge in [0.2, 0.25) is 21.7 Å². The largest absolute Gasteiger partial charge is 0.492 e. The minimum Gasteiger partial charge on any atom is -0.492 e. The average molecular weight is 823 g/mol. The van der Waals surface area contributed by atoms with E-state index in [2.05, 4.69) is 28.9 Å². The quantitative estimate of drug-likeness (QED) is 0.0618. The van der Waals surface area contributed by atoms with E-state index in [-0.39, 0.29) is 54.8 Å². The minimum atomic E-state index is -4.20. The summed E-state index contributed by atoms with van der Waals surface area (Å²) in [6, 6.07) is 11.1. The van der Waals surface area contributed by atoms with Gasteiger partial charge in [0.1, 0.15) is 23.7 Å². The molecule has 0 aromatic heterocycles. The molecule has 0 spiro atoms. The molecule has 58 heavy (non-hydrogen) atoms. The van der Waals surface area contributed by atoms with E-state index in [0.717, 1.165) is 62.2 Å². The van der Waals surface area contributed by atoms with Crippen LogP contribution in [0.1, 0.15) is 84.1 Å². The lowest BCUT2D eigenvalue weighted by atomic mass is 9.55. The van der Waals surface area contributed by atoms with Crippen LogP contribution >= 0.6 is 0 Å². The Morgan fingerprint density at radius 1 is 1.09 bits per heavy atom. The van der Waals surface area contributed by atoms with E-state index in [1.54, 1.807) is 25.3 Å². The number of sulfonamides is 1. The lowest BCUT2D eigenvalue weighted by molar-refractivity contribution is -0.250. The molecule has 0 unspecified atom stereocenters. The summed E-state index contributed by atoms with van der Waals surface area (Å²) >= 11 is 0. The molecule has 4 aliphatic rings. The number of carbonyl (C=O) groups is 1. The summed E-state index contributed by atoms with van der Waals surface area (Å²) in [5.74, 6) is -1.16. The van der Waals surface area contributed by atoms with E-state index in [1.165, 1.54) is 23.4 Å². The van der Waals surface area contributed by atoms with Crippen LogP contribution < -0.4 is 14.8 Å². The van der Waals surface area contributed by atoms with Crippen LogP contribution in [-0.4, -0.2) is 110 Å². The van der Waals surface area contributed by atoms with Crippen LogP contribution in [0.3, 0.4) is 0 Å². The first-order chi connectivity index (χ1) is 27.7. The molecule has 6 atom stereocenters. The van der Waals surface area contributed by atoms with Gasteiger partial charge >= 0.3 is 0 Å². The van der Waals surface area contributed by atoms with E-state index in [0.29, 0.717) is 36.6 Å². The van der Waals surface area contributed by atoms with Crippen LogP contribution in [0.5, 0.6) is 11.5 Å². The van der Waals surface area contributed by atoms with Crippen molar-refractivity contribution in [3.8, 4) is 11.5 Å². The Morgan fingerprint density at radius 3 is 2.43 bits per heavy atom. The topological polar surface area (TPSA) is 159 Å². The number of allylic oxidation sites excluding steroid dienone is 1. The highest BCUT2D eigenvalue weighted by Gasteiger charge is 2.65. The highest BCUT2D eigenvalue weighted by Crippen LogP contribution is 2.62. The molecule has 1 saturated heterocycles. The number of benzene rings is 2. The van der Waals surface area contributed by atoms with Gasteiger partial charge in [0.05, 0.1) is 29.2 Å². The Kier molecular flexibility index (Phi) is 14.1. The summed E-state index contributed by atoms with van der Waals surface area (Å²) in [7, 11) is -2.64. The molecule has 2 fully saturated rings. The molecule has 2 heterocycles. The van der Waals surface area contributed by atoms with Gasteiger partial charge in [-0.15, -0.1) is 6.58 Å². The van der Waals surface area contributed by atoms with Crippen LogP contribution in [-0.2, 0) is 24.4 Å². The van der Waals surface area contributed by atoms with Crippen molar-refractivity contribution in [2.45, 2.75) is 101 Å². The third-order valence-corrected chi connectivity index (χ3v) is 13.5. The lowest BCUT2D eigenvalue weighted by Crippen LogP contribution is -2.69. The van der Waals surface area contributed by atoms with Crippen molar-refractivity contribution in [2.75, 3.05) is 58.4 Å². The molecular formula is C44H62N4O9S. The van der Waals surface area contributed by atoms with Crippen LogP contribution in [0, 0.1) is 17.8 Å². The number of aliphatic hydroxyl groups is 2. The number of unbranched alkanes of at least 4 members (excludes halogenated alkanes) is 2. The van der Waals surface area contributed by atoms with Gasteiger partial charge in [0.15, 0.2) is 0 Å². The summed E-state index contributed by atoms with van der Waals surface area (Å²) in [6.45, 7) is 14.9. The molecule has 3 N–H and O–H groups in total. The summed E-state index contributed by atoms with van der Waals surface area (Å²) in [4.78, 5) is 20.2. The molecule has 2 aromatic rings. The Hall–Kier alpha value is -3.79. The summed E-state index contributed by atoms with van der Waals surface area (Å²) in [5.41, 5.74) is 2.31. The number of rotatable bonds is 20. The number of anilines is 1. The van der Waals surface area contributed by atoms with Gasteiger partial charge in [-0.2, -0.15) is 4.31 Å². The Bertz CT molecular complexity index is 1920. The first-order valence-corrected chi connectivity index (χ1v) is 22.1. The highest BCUT2D eigenvalue weighted by atomic mass is 32.2. The van der Waals surface area contributed by atoms with Crippen molar-refractivity contribution in [1.29, 1.82) is 0 Å². The molecule has 13 nitrogen and oxygen atoms in total. The second-order valence-electron chi connectivity index (χ2n) is 16.9. The van der Waals surface area contributed by atoms with Gasteiger partial charge in [-0.05, 0) is 106 Å².